The molecule has 3 amide bonds. The maximum atomic E-state index is 12.8. The number of anilines is 2. The first kappa shape index (κ1) is 28.2. The molecular weight excluding hydrogens is 488 g/mol. The third-order valence-corrected chi connectivity index (χ3v) is 5.64. The molecule has 0 fully saturated rings. The molecule has 0 aliphatic rings. The van der Waals surface area contributed by atoms with Gasteiger partial charge in [-0.2, -0.15) is 5.10 Å². The quantitative estimate of drug-likeness (QED) is 0.262. The van der Waals surface area contributed by atoms with Gasteiger partial charge in [-0.1, -0.05) is 26.0 Å². The van der Waals surface area contributed by atoms with Crippen molar-refractivity contribution in [2.45, 2.75) is 52.1 Å². The normalized spacial score (nSPS) is 11.6. The summed E-state index contributed by atoms with van der Waals surface area (Å²) in [5.41, 5.74) is 2.10. The number of aromatic nitrogens is 3. The minimum Gasteiger partial charge on any atom is -0.493 e. The lowest BCUT2D eigenvalue weighted by molar-refractivity contribution is -0.137. The zero-order valence-corrected chi connectivity index (χ0v) is 21.8. The Morgan fingerprint density at radius 3 is 2.53 bits per heavy atom. The number of rotatable bonds is 13. The van der Waals surface area contributed by atoms with Gasteiger partial charge in [0.2, 0.25) is 5.91 Å². The standard InChI is InChI=1S/C27H34N6O5/c1-18(2)16-22(21-12-15-33(32-21)14-5-7-25(35)36)30-24(34)17-19-8-10-20(11-9-19)29-27(37)31-26-23(38-3)6-4-13-28-26/h4,6,8-13,15,18,22H,5,7,14,16-17H2,1-3H3,(H,30,34)(H,35,36)(H2,28,29,31,37). The molecule has 11 heteroatoms. The highest BCUT2D eigenvalue weighted by Crippen LogP contribution is 2.22. The van der Waals surface area contributed by atoms with E-state index in [9.17, 15) is 14.4 Å². The molecule has 2 aromatic heterocycles. The van der Waals surface area contributed by atoms with E-state index in [-0.39, 0.29) is 24.8 Å². The number of aliphatic carboxylic acids is 1. The second-order valence-electron chi connectivity index (χ2n) is 9.26. The van der Waals surface area contributed by atoms with Crippen molar-refractivity contribution in [3.05, 3.63) is 66.1 Å². The fourth-order valence-electron chi connectivity index (χ4n) is 3.86. The number of pyridine rings is 1. The number of methoxy groups -OCH3 is 1. The van der Waals surface area contributed by atoms with Gasteiger partial charge in [0.25, 0.3) is 0 Å². The van der Waals surface area contributed by atoms with Crippen LogP contribution in [-0.4, -0.2) is 44.9 Å². The lowest BCUT2D eigenvalue weighted by Gasteiger charge is -2.19. The van der Waals surface area contributed by atoms with Gasteiger partial charge in [0, 0.05) is 31.0 Å². The Hall–Kier alpha value is -4.41. The first-order chi connectivity index (χ1) is 18.2. The summed E-state index contributed by atoms with van der Waals surface area (Å²) < 4.78 is 6.89. The number of nitrogens with zero attached hydrogens (tertiary/aromatic N) is 3. The summed E-state index contributed by atoms with van der Waals surface area (Å²) in [6.45, 7) is 4.66. The van der Waals surface area contributed by atoms with Gasteiger partial charge in [-0.25, -0.2) is 9.78 Å². The van der Waals surface area contributed by atoms with Crippen molar-refractivity contribution in [2.24, 2.45) is 5.92 Å². The van der Waals surface area contributed by atoms with Crippen LogP contribution in [0.2, 0.25) is 0 Å². The minimum atomic E-state index is -0.834. The summed E-state index contributed by atoms with van der Waals surface area (Å²) in [5, 5.41) is 21.8. The second-order valence-corrected chi connectivity index (χ2v) is 9.26. The van der Waals surface area contributed by atoms with Crippen LogP contribution in [0.5, 0.6) is 5.75 Å². The molecule has 0 saturated heterocycles. The Labute approximate surface area is 221 Å². The van der Waals surface area contributed by atoms with Gasteiger partial charge in [0.1, 0.15) is 0 Å². The Kier molecular flexibility index (Phi) is 10.2. The smallest absolute Gasteiger partial charge is 0.324 e. The van der Waals surface area contributed by atoms with Crippen LogP contribution in [0.3, 0.4) is 0 Å². The van der Waals surface area contributed by atoms with Gasteiger partial charge in [-0.15, -0.1) is 0 Å². The van der Waals surface area contributed by atoms with E-state index >= 15 is 0 Å². The molecule has 11 nitrogen and oxygen atoms in total. The molecule has 0 aliphatic carbocycles. The van der Waals surface area contributed by atoms with Crippen molar-refractivity contribution < 1.29 is 24.2 Å². The number of carboxylic acids is 1. The zero-order chi connectivity index (χ0) is 27.5. The molecule has 38 heavy (non-hydrogen) atoms. The Morgan fingerprint density at radius 1 is 1.08 bits per heavy atom. The van der Waals surface area contributed by atoms with Crippen molar-refractivity contribution in [1.82, 2.24) is 20.1 Å². The molecular formula is C27H34N6O5. The fourth-order valence-corrected chi connectivity index (χ4v) is 3.86. The molecule has 1 atom stereocenters. The average Bonchev–Trinajstić information content (AvgIpc) is 3.33. The molecule has 202 valence electrons. The molecule has 0 bridgehead atoms. The highest BCUT2D eigenvalue weighted by Gasteiger charge is 2.19. The minimum absolute atomic E-state index is 0.0827. The lowest BCUT2D eigenvalue weighted by atomic mass is 10.0. The van der Waals surface area contributed by atoms with Crippen LogP contribution in [-0.2, 0) is 22.6 Å². The highest BCUT2D eigenvalue weighted by molar-refractivity contribution is 5.99. The number of benzene rings is 1. The van der Waals surface area contributed by atoms with E-state index in [1.54, 1.807) is 47.3 Å². The van der Waals surface area contributed by atoms with E-state index in [1.807, 2.05) is 12.3 Å². The van der Waals surface area contributed by atoms with Crippen LogP contribution < -0.4 is 20.7 Å². The number of carboxylic acid groups (broad SMARTS) is 1. The monoisotopic (exact) mass is 522 g/mol. The summed E-state index contributed by atoms with van der Waals surface area (Å²) in [6, 6.07) is 11.6. The van der Waals surface area contributed by atoms with Gasteiger partial charge in [0.15, 0.2) is 11.6 Å². The van der Waals surface area contributed by atoms with Crippen molar-refractivity contribution in [2.75, 3.05) is 17.7 Å². The topological polar surface area (TPSA) is 147 Å². The van der Waals surface area contributed by atoms with Crippen molar-refractivity contribution >= 4 is 29.4 Å². The van der Waals surface area contributed by atoms with E-state index in [0.717, 1.165) is 17.7 Å². The number of hydrogen-bond acceptors (Lipinski definition) is 6. The second kappa shape index (κ2) is 13.8. The molecule has 1 aromatic carbocycles. The van der Waals surface area contributed by atoms with Gasteiger partial charge in [-0.05, 0) is 54.7 Å². The maximum absolute atomic E-state index is 12.8. The number of urea groups is 1. The molecule has 2 heterocycles. The number of carbonyl (C=O) groups is 3. The largest absolute Gasteiger partial charge is 0.493 e. The third-order valence-electron chi connectivity index (χ3n) is 5.64. The van der Waals surface area contributed by atoms with Gasteiger partial charge < -0.3 is 20.5 Å². The third kappa shape index (κ3) is 8.91. The molecule has 3 rings (SSSR count). The van der Waals surface area contributed by atoms with Gasteiger partial charge >= 0.3 is 12.0 Å². The maximum Gasteiger partial charge on any atom is 0.324 e. The summed E-state index contributed by atoms with van der Waals surface area (Å²) in [5.74, 6) is 0.114. The zero-order valence-electron chi connectivity index (χ0n) is 21.8. The van der Waals surface area contributed by atoms with Crippen molar-refractivity contribution in [3.8, 4) is 5.75 Å². The van der Waals surface area contributed by atoms with Crippen LogP contribution in [0.15, 0.2) is 54.9 Å². The molecule has 0 saturated carbocycles. The first-order valence-electron chi connectivity index (χ1n) is 12.4. The Morgan fingerprint density at radius 2 is 1.84 bits per heavy atom. The van der Waals surface area contributed by atoms with E-state index < -0.39 is 12.0 Å². The van der Waals surface area contributed by atoms with Crippen LogP contribution >= 0.6 is 0 Å². The summed E-state index contributed by atoms with van der Waals surface area (Å²) in [4.78, 5) is 40.0. The predicted octanol–water partition coefficient (Wildman–Crippen LogP) is 4.24. The Balaban J connectivity index is 1.55. The van der Waals surface area contributed by atoms with Crippen molar-refractivity contribution in [3.63, 3.8) is 0 Å². The first-order valence-corrected chi connectivity index (χ1v) is 12.4. The lowest BCUT2D eigenvalue weighted by Crippen LogP contribution is -2.31. The Bertz CT molecular complexity index is 1220. The number of aryl methyl sites for hydroxylation is 1. The summed E-state index contributed by atoms with van der Waals surface area (Å²) in [7, 11) is 1.50. The van der Waals surface area contributed by atoms with Gasteiger partial charge in [0.05, 0.1) is 25.3 Å². The van der Waals surface area contributed by atoms with Crippen LogP contribution in [0.1, 0.15) is 50.4 Å². The van der Waals surface area contributed by atoms with E-state index in [1.165, 1.54) is 7.11 Å². The molecule has 0 aliphatic heterocycles. The number of nitrogens with one attached hydrogen (secondary N) is 3. The SMILES string of the molecule is COc1cccnc1NC(=O)Nc1ccc(CC(=O)NC(CC(C)C)c2ccn(CCCC(=O)O)n2)cc1. The van der Waals surface area contributed by atoms with Crippen LogP contribution in [0.4, 0.5) is 16.3 Å². The van der Waals surface area contributed by atoms with Gasteiger partial charge in [-0.3, -0.25) is 19.6 Å². The van der Waals surface area contributed by atoms with Crippen molar-refractivity contribution in [1.29, 1.82) is 0 Å². The number of ether oxygens (including phenoxy) is 1. The van der Waals surface area contributed by atoms with E-state index in [4.69, 9.17) is 9.84 Å². The average molecular weight is 523 g/mol. The van der Waals surface area contributed by atoms with E-state index in [2.05, 4.69) is 39.9 Å². The highest BCUT2D eigenvalue weighted by atomic mass is 16.5. The molecule has 1 unspecified atom stereocenters. The fraction of sp³-hybridized carbons (Fsp3) is 0.370. The summed E-state index contributed by atoms with van der Waals surface area (Å²) in [6.07, 6.45) is 4.82. The summed E-state index contributed by atoms with van der Waals surface area (Å²) >= 11 is 0. The number of carbonyl (C=O) groups excluding carboxylic acids is 2. The molecule has 3 aromatic rings. The van der Waals surface area contributed by atoms with E-state index in [0.29, 0.717) is 36.1 Å². The molecule has 4 N–H and O–H groups in total. The predicted molar refractivity (Wildman–Crippen MR) is 143 cm³/mol. The number of amides is 3. The number of hydrogen-bond donors (Lipinski definition) is 4. The van der Waals surface area contributed by atoms with Crippen LogP contribution in [0.25, 0.3) is 0 Å². The molecule has 0 spiro atoms. The van der Waals surface area contributed by atoms with Crippen LogP contribution in [0, 0.1) is 5.92 Å². The molecule has 0 radical (unpaired) electrons.